The Labute approximate surface area is 139 Å². The van der Waals surface area contributed by atoms with E-state index in [1.54, 1.807) is 18.2 Å². The smallest absolute Gasteiger partial charge is 0.134 e. The van der Waals surface area contributed by atoms with Gasteiger partial charge in [-0.05, 0) is 30.7 Å². The van der Waals surface area contributed by atoms with Crippen molar-refractivity contribution in [3.05, 3.63) is 83.0 Å². The summed E-state index contributed by atoms with van der Waals surface area (Å²) in [5, 5.41) is 3.88. The van der Waals surface area contributed by atoms with Crippen LogP contribution in [0.2, 0.25) is 0 Å². The standard InChI is InChI=1S/C19H18FNO3/c1-14-9-17(21-24-14)13-22-11-15-5-4-7-18(10-15)23-12-16-6-2-3-8-19(16)20/h2-10H,11-13H2,1H3. The minimum Gasteiger partial charge on any atom is -0.489 e. The topological polar surface area (TPSA) is 44.5 Å². The summed E-state index contributed by atoms with van der Waals surface area (Å²) < 4.78 is 29.9. The van der Waals surface area contributed by atoms with Crippen molar-refractivity contribution in [3.8, 4) is 5.75 Å². The number of nitrogens with zero attached hydrogens (tertiary/aromatic N) is 1. The van der Waals surface area contributed by atoms with E-state index in [1.807, 2.05) is 37.3 Å². The summed E-state index contributed by atoms with van der Waals surface area (Å²) in [7, 11) is 0. The van der Waals surface area contributed by atoms with Crippen molar-refractivity contribution in [2.75, 3.05) is 0 Å². The number of aryl methyl sites for hydroxylation is 1. The molecular weight excluding hydrogens is 309 g/mol. The van der Waals surface area contributed by atoms with E-state index in [-0.39, 0.29) is 12.4 Å². The van der Waals surface area contributed by atoms with Crippen LogP contribution in [0.25, 0.3) is 0 Å². The molecule has 0 spiro atoms. The first-order valence-electron chi connectivity index (χ1n) is 7.66. The zero-order valence-electron chi connectivity index (χ0n) is 13.4. The molecule has 1 heterocycles. The maximum atomic E-state index is 13.6. The number of halogens is 1. The Morgan fingerprint density at radius 1 is 1.00 bits per heavy atom. The van der Waals surface area contributed by atoms with E-state index in [0.29, 0.717) is 24.5 Å². The molecule has 0 fully saturated rings. The van der Waals surface area contributed by atoms with E-state index in [1.165, 1.54) is 6.07 Å². The van der Waals surface area contributed by atoms with Gasteiger partial charge < -0.3 is 14.0 Å². The molecule has 0 saturated carbocycles. The van der Waals surface area contributed by atoms with Crippen molar-refractivity contribution in [2.45, 2.75) is 26.7 Å². The Kier molecular flexibility index (Phi) is 5.23. The quantitative estimate of drug-likeness (QED) is 0.644. The summed E-state index contributed by atoms with van der Waals surface area (Å²) in [5.74, 6) is 1.17. The molecule has 3 rings (SSSR count). The molecule has 0 N–H and O–H groups in total. The summed E-state index contributed by atoms with van der Waals surface area (Å²) in [5.41, 5.74) is 2.27. The van der Waals surface area contributed by atoms with Crippen LogP contribution in [0.15, 0.2) is 59.1 Å². The molecule has 4 nitrogen and oxygen atoms in total. The van der Waals surface area contributed by atoms with E-state index < -0.39 is 0 Å². The second-order valence-corrected chi connectivity index (χ2v) is 5.45. The number of hydrogen-bond donors (Lipinski definition) is 0. The Bertz CT molecular complexity index is 801. The summed E-state index contributed by atoms with van der Waals surface area (Å²) in [6.45, 7) is 2.85. The number of aromatic nitrogens is 1. The lowest BCUT2D eigenvalue weighted by Gasteiger charge is -2.09. The molecule has 0 amide bonds. The second-order valence-electron chi connectivity index (χ2n) is 5.45. The van der Waals surface area contributed by atoms with Gasteiger partial charge in [-0.25, -0.2) is 4.39 Å². The van der Waals surface area contributed by atoms with Crippen LogP contribution in [-0.4, -0.2) is 5.16 Å². The normalized spacial score (nSPS) is 10.8. The first-order valence-corrected chi connectivity index (χ1v) is 7.66. The van der Waals surface area contributed by atoms with Crippen LogP contribution in [0.3, 0.4) is 0 Å². The summed E-state index contributed by atoms with van der Waals surface area (Å²) in [6, 6.07) is 16.0. The summed E-state index contributed by atoms with van der Waals surface area (Å²) in [4.78, 5) is 0. The van der Waals surface area contributed by atoms with E-state index in [2.05, 4.69) is 5.16 Å². The van der Waals surface area contributed by atoms with Crippen LogP contribution in [0.4, 0.5) is 4.39 Å². The van der Waals surface area contributed by atoms with Crippen LogP contribution >= 0.6 is 0 Å². The summed E-state index contributed by atoms with van der Waals surface area (Å²) in [6.07, 6.45) is 0. The molecule has 3 aromatic rings. The Morgan fingerprint density at radius 2 is 1.88 bits per heavy atom. The van der Waals surface area contributed by atoms with Crippen LogP contribution in [0, 0.1) is 12.7 Å². The van der Waals surface area contributed by atoms with E-state index in [0.717, 1.165) is 17.0 Å². The van der Waals surface area contributed by atoms with Gasteiger partial charge in [-0.3, -0.25) is 0 Å². The van der Waals surface area contributed by atoms with Crippen LogP contribution in [-0.2, 0) is 24.6 Å². The van der Waals surface area contributed by atoms with E-state index >= 15 is 0 Å². The molecule has 0 atom stereocenters. The maximum Gasteiger partial charge on any atom is 0.134 e. The molecule has 0 bridgehead atoms. The molecule has 0 aliphatic rings. The Morgan fingerprint density at radius 3 is 2.67 bits per heavy atom. The molecular formula is C19H18FNO3. The first-order chi connectivity index (χ1) is 11.7. The molecule has 5 heteroatoms. The number of rotatable bonds is 7. The molecule has 2 aromatic carbocycles. The van der Waals surface area contributed by atoms with Gasteiger partial charge in [0.25, 0.3) is 0 Å². The third kappa shape index (κ3) is 4.43. The van der Waals surface area contributed by atoms with Crippen molar-refractivity contribution < 1.29 is 18.4 Å². The zero-order valence-corrected chi connectivity index (χ0v) is 13.4. The van der Waals surface area contributed by atoms with Gasteiger partial charge in [-0.15, -0.1) is 0 Å². The fraction of sp³-hybridized carbons (Fsp3) is 0.211. The van der Waals surface area contributed by atoms with Gasteiger partial charge in [0.05, 0.1) is 13.2 Å². The lowest BCUT2D eigenvalue weighted by atomic mass is 10.2. The van der Waals surface area contributed by atoms with E-state index in [9.17, 15) is 4.39 Å². The van der Waals surface area contributed by atoms with Gasteiger partial charge in [-0.1, -0.05) is 35.5 Å². The Balaban J connectivity index is 1.53. The number of benzene rings is 2. The van der Waals surface area contributed by atoms with Crippen molar-refractivity contribution in [1.82, 2.24) is 5.16 Å². The number of ether oxygens (including phenoxy) is 2. The molecule has 0 unspecified atom stereocenters. The van der Waals surface area contributed by atoms with Gasteiger partial charge in [0.15, 0.2) is 0 Å². The van der Waals surface area contributed by atoms with Gasteiger partial charge >= 0.3 is 0 Å². The molecule has 0 radical (unpaired) electrons. The second kappa shape index (κ2) is 7.75. The molecule has 1 aromatic heterocycles. The average Bonchev–Trinajstić information content (AvgIpc) is 3.00. The molecule has 24 heavy (non-hydrogen) atoms. The highest BCUT2D eigenvalue weighted by Gasteiger charge is 2.04. The lowest BCUT2D eigenvalue weighted by Crippen LogP contribution is -1.99. The third-order valence-electron chi connectivity index (χ3n) is 3.45. The average molecular weight is 327 g/mol. The predicted octanol–water partition coefficient (Wildman–Crippen LogP) is 4.42. The van der Waals surface area contributed by atoms with Crippen molar-refractivity contribution in [2.24, 2.45) is 0 Å². The SMILES string of the molecule is Cc1cc(COCc2cccc(OCc3ccccc3F)c2)no1. The van der Waals surface area contributed by atoms with E-state index in [4.69, 9.17) is 14.0 Å². The molecule has 124 valence electrons. The Hall–Kier alpha value is -2.66. The fourth-order valence-corrected chi connectivity index (χ4v) is 2.26. The fourth-order valence-electron chi connectivity index (χ4n) is 2.26. The highest BCUT2D eigenvalue weighted by molar-refractivity contribution is 5.28. The maximum absolute atomic E-state index is 13.6. The predicted molar refractivity (Wildman–Crippen MR) is 86.9 cm³/mol. The van der Waals surface area contributed by atoms with Crippen LogP contribution in [0.1, 0.15) is 22.6 Å². The van der Waals surface area contributed by atoms with Crippen molar-refractivity contribution in [1.29, 1.82) is 0 Å². The highest BCUT2D eigenvalue weighted by atomic mass is 19.1. The minimum absolute atomic E-state index is 0.190. The van der Waals surface area contributed by atoms with Crippen LogP contribution < -0.4 is 4.74 Å². The first kappa shape index (κ1) is 16.2. The van der Waals surface area contributed by atoms with Gasteiger partial charge in [0.1, 0.15) is 29.6 Å². The van der Waals surface area contributed by atoms with Gasteiger partial charge in [0.2, 0.25) is 0 Å². The highest BCUT2D eigenvalue weighted by Crippen LogP contribution is 2.17. The van der Waals surface area contributed by atoms with Crippen molar-refractivity contribution >= 4 is 0 Å². The lowest BCUT2D eigenvalue weighted by molar-refractivity contribution is 0.102. The minimum atomic E-state index is -0.264. The van der Waals surface area contributed by atoms with Crippen molar-refractivity contribution in [3.63, 3.8) is 0 Å². The molecule has 0 aliphatic heterocycles. The van der Waals surface area contributed by atoms with Gasteiger partial charge in [0, 0.05) is 11.6 Å². The molecule has 0 aliphatic carbocycles. The summed E-state index contributed by atoms with van der Waals surface area (Å²) >= 11 is 0. The van der Waals surface area contributed by atoms with Gasteiger partial charge in [-0.2, -0.15) is 0 Å². The molecule has 0 saturated heterocycles. The zero-order chi connectivity index (χ0) is 16.8. The van der Waals surface area contributed by atoms with Crippen LogP contribution in [0.5, 0.6) is 5.75 Å². The third-order valence-corrected chi connectivity index (χ3v) is 3.45. The largest absolute Gasteiger partial charge is 0.489 e. The number of hydrogen-bond acceptors (Lipinski definition) is 4. The monoisotopic (exact) mass is 327 g/mol.